The Morgan fingerprint density at radius 1 is 0.929 bits per heavy atom. The van der Waals surface area contributed by atoms with Crippen LogP contribution >= 0.6 is 0 Å². The molecule has 4 aromatic rings. The van der Waals surface area contributed by atoms with Crippen molar-refractivity contribution in [3.63, 3.8) is 0 Å². The maximum Gasteiger partial charge on any atom is 0.147 e. The number of benzene rings is 3. The second kappa shape index (κ2) is 7.31. The monoisotopic (exact) mass is 372 g/mol. The van der Waals surface area contributed by atoms with Crippen LogP contribution < -0.4 is 5.32 Å². The molecular formula is C24H21FN2O. The minimum atomic E-state index is -0.354. The fourth-order valence-electron chi connectivity index (χ4n) is 3.44. The van der Waals surface area contributed by atoms with Crippen molar-refractivity contribution in [1.82, 2.24) is 4.98 Å². The van der Waals surface area contributed by atoms with Gasteiger partial charge in [-0.3, -0.25) is 4.98 Å². The molecule has 3 aromatic carbocycles. The molecule has 1 atom stereocenters. The summed E-state index contributed by atoms with van der Waals surface area (Å²) in [5.74, 6) is -0.163. The number of rotatable bonds is 4. The van der Waals surface area contributed by atoms with Gasteiger partial charge in [0.15, 0.2) is 0 Å². The first kappa shape index (κ1) is 18.0. The lowest BCUT2D eigenvalue weighted by Crippen LogP contribution is -2.14. The highest BCUT2D eigenvalue weighted by molar-refractivity contribution is 5.86. The minimum absolute atomic E-state index is 0.130. The number of aromatic hydroxyl groups is 1. The van der Waals surface area contributed by atoms with Gasteiger partial charge in [-0.2, -0.15) is 0 Å². The van der Waals surface area contributed by atoms with E-state index in [1.54, 1.807) is 18.3 Å². The Bertz CT molecular complexity index is 1140. The van der Waals surface area contributed by atoms with Gasteiger partial charge in [-0.1, -0.05) is 42.5 Å². The quantitative estimate of drug-likeness (QED) is 0.469. The molecular weight excluding hydrogens is 351 g/mol. The third-order valence-corrected chi connectivity index (χ3v) is 5.20. The van der Waals surface area contributed by atoms with E-state index in [0.717, 1.165) is 22.2 Å². The lowest BCUT2D eigenvalue weighted by Gasteiger charge is -2.24. The van der Waals surface area contributed by atoms with E-state index in [1.807, 2.05) is 36.4 Å². The molecule has 140 valence electrons. The molecule has 28 heavy (non-hydrogen) atoms. The van der Waals surface area contributed by atoms with Crippen LogP contribution in [0.1, 0.15) is 28.3 Å². The molecule has 0 aliphatic heterocycles. The minimum Gasteiger partial charge on any atom is -0.505 e. The van der Waals surface area contributed by atoms with Crippen molar-refractivity contribution in [3.8, 4) is 5.75 Å². The number of aryl methyl sites for hydroxylation is 1. The van der Waals surface area contributed by atoms with E-state index in [-0.39, 0.29) is 17.6 Å². The molecule has 0 fully saturated rings. The van der Waals surface area contributed by atoms with E-state index in [4.69, 9.17) is 0 Å². The third kappa shape index (κ3) is 3.29. The normalized spacial score (nSPS) is 12.1. The fourth-order valence-corrected chi connectivity index (χ4v) is 3.44. The van der Waals surface area contributed by atoms with Crippen LogP contribution in [-0.4, -0.2) is 10.1 Å². The molecule has 0 saturated heterocycles. The summed E-state index contributed by atoms with van der Waals surface area (Å²) >= 11 is 0. The second-order valence-electron chi connectivity index (χ2n) is 6.95. The Balaban J connectivity index is 1.87. The molecule has 0 aliphatic carbocycles. The molecule has 0 amide bonds. The van der Waals surface area contributed by atoms with E-state index in [2.05, 4.69) is 30.2 Å². The maximum atomic E-state index is 13.5. The number of phenols is 1. The smallest absolute Gasteiger partial charge is 0.147 e. The van der Waals surface area contributed by atoms with Gasteiger partial charge >= 0.3 is 0 Å². The zero-order valence-corrected chi connectivity index (χ0v) is 15.8. The molecule has 1 heterocycles. The van der Waals surface area contributed by atoms with E-state index in [0.29, 0.717) is 11.1 Å². The number of anilines is 1. The second-order valence-corrected chi connectivity index (χ2v) is 6.95. The van der Waals surface area contributed by atoms with Crippen LogP contribution in [0.2, 0.25) is 0 Å². The molecule has 1 unspecified atom stereocenters. The Kier molecular flexibility index (Phi) is 4.70. The van der Waals surface area contributed by atoms with E-state index in [1.165, 1.54) is 17.7 Å². The molecule has 4 rings (SSSR count). The van der Waals surface area contributed by atoms with Crippen molar-refractivity contribution >= 4 is 16.6 Å². The van der Waals surface area contributed by atoms with Crippen LogP contribution in [0, 0.1) is 19.7 Å². The molecule has 4 heteroatoms. The van der Waals surface area contributed by atoms with E-state index in [9.17, 15) is 9.50 Å². The standard InChI is InChI=1S/C24H21FN2O/c1-15-5-3-7-21(16(15)2)27-22(18-8-11-19(25)12-9-18)20-13-10-17-6-4-14-26-23(17)24(20)28/h3-14,22,27-28H,1-2H3. The largest absolute Gasteiger partial charge is 0.505 e. The summed E-state index contributed by atoms with van der Waals surface area (Å²) in [6.45, 7) is 4.12. The Morgan fingerprint density at radius 2 is 1.71 bits per heavy atom. The lowest BCUT2D eigenvalue weighted by molar-refractivity contribution is 0.471. The highest BCUT2D eigenvalue weighted by Crippen LogP contribution is 2.37. The van der Waals surface area contributed by atoms with Crippen LogP contribution in [0.4, 0.5) is 10.1 Å². The SMILES string of the molecule is Cc1cccc(NC(c2ccc(F)cc2)c2ccc3cccnc3c2O)c1C. The zero-order chi connectivity index (χ0) is 19.7. The topological polar surface area (TPSA) is 45.2 Å². The summed E-state index contributed by atoms with van der Waals surface area (Å²) in [5, 5.41) is 15.4. The number of halogens is 1. The van der Waals surface area contributed by atoms with Gasteiger partial charge in [0.05, 0.1) is 6.04 Å². The molecule has 0 radical (unpaired) electrons. The van der Waals surface area contributed by atoms with Crippen molar-refractivity contribution < 1.29 is 9.50 Å². The summed E-state index contributed by atoms with van der Waals surface area (Å²) in [6, 6.07) is 19.6. The van der Waals surface area contributed by atoms with Crippen molar-refractivity contribution in [2.75, 3.05) is 5.32 Å². The molecule has 2 N–H and O–H groups in total. The highest BCUT2D eigenvalue weighted by atomic mass is 19.1. The number of fused-ring (bicyclic) bond motifs is 1. The lowest BCUT2D eigenvalue weighted by atomic mass is 9.95. The zero-order valence-electron chi connectivity index (χ0n) is 15.8. The summed E-state index contributed by atoms with van der Waals surface area (Å²) in [7, 11) is 0. The van der Waals surface area contributed by atoms with Gasteiger partial charge in [0.1, 0.15) is 17.1 Å². The molecule has 0 bridgehead atoms. The van der Waals surface area contributed by atoms with E-state index < -0.39 is 0 Å². The van der Waals surface area contributed by atoms with Gasteiger partial charge in [-0.25, -0.2) is 4.39 Å². The Labute approximate surface area is 163 Å². The number of hydrogen-bond donors (Lipinski definition) is 2. The Hall–Kier alpha value is -3.40. The van der Waals surface area contributed by atoms with Crippen LogP contribution in [0.5, 0.6) is 5.75 Å². The number of aromatic nitrogens is 1. The summed E-state index contributed by atoms with van der Waals surface area (Å²) in [4.78, 5) is 4.33. The first-order chi connectivity index (χ1) is 13.5. The number of nitrogens with zero attached hydrogens (tertiary/aromatic N) is 1. The number of hydrogen-bond acceptors (Lipinski definition) is 3. The summed E-state index contributed by atoms with van der Waals surface area (Å²) in [5.41, 5.74) is 5.37. The molecule has 0 aliphatic rings. The van der Waals surface area contributed by atoms with Crippen molar-refractivity contribution in [2.24, 2.45) is 0 Å². The van der Waals surface area contributed by atoms with Gasteiger partial charge < -0.3 is 10.4 Å². The van der Waals surface area contributed by atoms with Gasteiger partial charge in [-0.05, 0) is 54.8 Å². The Morgan fingerprint density at radius 3 is 2.50 bits per heavy atom. The maximum absolute atomic E-state index is 13.5. The molecule has 3 nitrogen and oxygen atoms in total. The van der Waals surface area contributed by atoms with Crippen LogP contribution in [-0.2, 0) is 0 Å². The predicted molar refractivity (Wildman–Crippen MR) is 111 cm³/mol. The van der Waals surface area contributed by atoms with Crippen molar-refractivity contribution in [2.45, 2.75) is 19.9 Å². The third-order valence-electron chi connectivity index (χ3n) is 5.20. The number of nitrogens with one attached hydrogen (secondary N) is 1. The van der Waals surface area contributed by atoms with Crippen LogP contribution in [0.3, 0.4) is 0 Å². The predicted octanol–water partition coefficient (Wildman–Crippen LogP) is 5.90. The van der Waals surface area contributed by atoms with Gasteiger partial charge in [-0.15, -0.1) is 0 Å². The average Bonchev–Trinajstić information content (AvgIpc) is 2.71. The van der Waals surface area contributed by atoms with Crippen molar-refractivity contribution in [1.29, 1.82) is 0 Å². The summed E-state index contributed by atoms with van der Waals surface area (Å²) in [6.07, 6.45) is 1.66. The number of pyridine rings is 1. The number of phenolic OH excluding ortho intramolecular Hbond substituents is 1. The molecule has 1 aromatic heterocycles. The molecule has 0 spiro atoms. The fraction of sp³-hybridized carbons (Fsp3) is 0.125. The van der Waals surface area contributed by atoms with E-state index >= 15 is 0 Å². The first-order valence-electron chi connectivity index (χ1n) is 9.19. The van der Waals surface area contributed by atoms with Crippen molar-refractivity contribution in [3.05, 3.63) is 101 Å². The van der Waals surface area contributed by atoms with Crippen LogP contribution in [0.25, 0.3) is 10.9 Å². The summed E-state index contributed by atoms with van der Waals surface area (Å²) < 4.78 is 13.5. The van der Waals surface area contributed by atoms with Crippen LogP contribution in [0.15, 0.2) is 72.9 Å². The highest BCUT2D eigenvalue weighted by Gasteiger charge is 2.21. The molecule has 0 saturated carbocycles. The van der Waals surface area contributed by atoms with Gasteiger partial charge in [0, 0.05) is 22.8 Å². The average molecular weight is 372 g/mol. The van der Waals surface area contributed by atoms with Gasteiger partial charge in [0.2, 0.25) is 0 Å². The first-order valence-corrected chi connectivity index (χ1v) is 9.19. The van der Waals surface area contributed by atoms with Gasteiger partial charge in [0.25, 0.3) is 0 Å².